The topological polar surface area (TPSA) is 53.1 Å². The molecule has 37 heavy (non-hydrogen) atoms. The maximum atomic E-state index is 13.5. The Morgan fingerprint density at radius 1 is 0.973 bits per heavy atom. The summed E-state index contributed by atoms with van der Waals surface area (Å²) < 4.78 is 5.36. The molecule has 1 aromatic carbocycles. The molecule has 1 saturated heterocycles. The van der Waals surface area contributed by atoms with Crippen molar-refractivity contribution in [3.8, 4) is 5.75 Å². The van der Waals surface area contributed by atoms with Crippen molar-refractivity contribution < 1.29 is 14.3 Å². The lowest BCUT2D eigenvalue weighted by Gasteiger charge is -2.42. The number of piperazine rings is 1. The quantitative estimate of drug-likeness (QED) is 0.363. The Morgan fingerprint density at radius 2 is 1.73 bits per heavy atom. The number of unbranched alkanes of at least 4 members (excludes halogenated alkanes) is 5. The van der Waals surface area contributed by atoms with E-state index >= 15 is 0 Å². The molecule has 0 bridgehead atoms. The second-order valence-electron chi connectivity index (χ2n) is 10.5. The van der Waals surface area contributed by atoms with E-state index in [0.29, 0.717) is 32.6 Å². The Kier molecular flexibility index (Phi) is 10.0. The van der Waals surface area contributed by atoms with E-state index in [9.17, 15) is 9.59 Å². The summed E-state index contributed by atoms with van der Waals surface area (Å²) in [7, 11) is 1.68. The van der Waals surface area contributed by atoms with Crippen LogP contribution >= 0.6 is 11.3 Å². The van der Waals surface area contributed by atoms with Crippen LogP contribution in [-0.2, 0) is 16.0 Å². The van der Waals surface area contributed by atoms with Gasteiger partial charge in [-0.1, -0.05) is 51.2 Å². The molecule has 3 heterocycles. The highest BCUT2D eigenvalue weighted by Crippen LogP contribution is 2.38. The van der Waals surface area contributed by atoms with Crippen LogP contribution < -0.4 is 4.74 Å². The highest BCUT2D eigenvalue weighted by molar-refractivity contribution is 7.10. The number of hydrogen-bond acceptors (Lipinski definition) is 5. The van der Waals surface area contributed by atoms with E-state index in [1.165, 1.54) is 41.7 Å². The summed E-state index contributed by atoms with van der Waals surface area (Å²) in [4.78, 5) is 34.0. The summed E-state index contributed by atoms with van der Waals surface area (Å²) >= 11 is 1.81. The van der Waals surface area contributed by atoms with Crippen molar-refractivity contribution in [1.82, 2.24) is 14.7 Å². The van der Waals surface area contributed by atoms with Crippen molar-refractivity contribution in [3.63, 3.8) is 0 Å². The molecule has 4 rings (SSSR count). The van der Waals surface area contributed by atoms with E-state index in [4.69, 9.17) is 4.74 Å². The summed E-state index contributed by atoms with van der Waals surface area (Å²) in [6.07, 6.45) is 8.74. The average molecular weight is 526 g/mol. The second-order valence-corrected chi connectivity index (χ2v) is 11.5. The van der Waals surface area contributed by atoms with Gasteiger partial charge in [0.2, 0.25) is 11.8 Å². The minimum atomic E-state index is 0.0625. The number of amides is 2. The first-order chi connectivity index (χ1) is 18.0. The van der Waals surface area contributed by atoms with Crippen LogP contribution in [0.2, 0.25) is 0 Å². The number of benzene rings is 1. The van der Waals surface area contributed by atoms with E-state index in [-0.39, 0.29) is 23.9 Å². The predicted molar refractivity (Wildman–Crippen MR) is 150 cm³/mol. The minimum Gasteiger partial charge on any atom is -0.497 e. The van der Waals surface area contributed by atoms with Gasteiger partial charge in [-0.25, -0.2) is 0 Å². The third-order valence-electron chi connectivity index (χ3n) is 7.88. The normalized spacial score (nSPS) is 20.1. The van der Waals surface area contributed by atoms with Crippen LogP contribution in [0.4, 0.5) is 0 Å². The predicted octanol–water partition coefficient (Wildman–Crippen LogP) is 5.51. The summed E-state index contributed by atoms with van der Waals surface area (Å²) in [6.45, 7) is 7.44. The van der Waals surface area contributed by atoms with Crippen LogP contribution in [0.25, 0.3) is 0 Å². The van der Waals surface area contributed by atoms with Gasteiger partial charge in [0.05, 0.1) is 19.7 Å². The van der Waals surface area contributed by atoms with Crippen LogP contribution in [0, 0.1) is 0 Å². The van der Waals surface area contributed by atoms with Crippen LogP contribution in [0.5, 0.6) is 5.75 Å². The second kappa shape index (κ2) is 13.4. The Balaban J connectivity index is 1.33. The monoisotopic (exact) mass is 525 g/mol. The van der Waals surface area contributed by atoms with Gasteiger partial charge < -0.3 is 14.5 Å². The van der Waals surface area contributed by atoms with Crippen LogP contribution in [0.3, 0.4) is 0 Å². The van der Waals surface area contributed by atoms with Gasteiger partial charge >= 0.3 is 0 Å². The molecule has 0 saturated carbocycles. The van der Waals surface area contributed by atoms with Crippen molar-refractivity contribution in [1.29, 1.82) is 0 Å². The largest absolute Gasteiger partial charge is 0.497 e. The van der Waals surface area contributed by atoms with E-state index < -0.39 is 0 Å². The van der Waals surface area contributed by atoms with Crippen molar-refractivity contribution >= 4 is 23.2 Å². The Morgan fingerprint density at radius 3 is 2.46 bits per heavy atom. The lowest BCUT2D eigenvalue weighted by Crippen LogP contribution is -2.57. The third-order valence-corrected chi connectivity index (χ3v) is 8.88. The summed E-state index contributed by atoms with van der Waals surface area (Å²) in [6, 6.07) is 10.6. The number of rotatable bonds is 11. The molecule has 6 nitrogen and oxygen atoms in total. The van der Waals surface area contributed by atoms with Crippen molar-refractivity contribution in [3.05, 3.63) is 51.7 Å². The molecule has 2 aliphatic heterocycles. The van der Waals surface area contributed by atoms with Gasteiger partial charge in [0.25, 0.3) is 0 Å². The first-order valence-electron chi connectivity index (χ1n) is 14.0. The molecular formula is C30H43N3O3S. The average Bonchev–Trinajstić information content (AvgIpc) is 3.39. The molecule has 0 unspecified atom stereocenters. The maximum absolute atomic E-state index is 13.5. The standard InChI is InChI=1S/C30H43N3O3S/c1-4-5-6-7-8-9-10-28(34)33-19-18-31(21-23(33)2)29(35)22-32-17-15-27-26(16-20-37-27)30(32)24-11-13-25(36-3)14-12-24/h11-14,16,20,23,30H,4-10,15,17-19,21-22H2,1-3H3/t23-,30-/m1/s1. The van der Waals surface area contributed by atoms with Crippen LogP contribution in [0.1, 0.15) is 80.8 Å². The van der Waals surface area contributed by atoms with E-state index in [1.807, 2.05) is 33.3 Å². The fourth-order valence-corrected chi connectivity index (χ4v) is 6.65. The number of methoxy groups -OCH3 is 1. The molecule has 1 aromatic heterocycles. The molecular weight excluding hydrogens is 482 g/mol. The molecule has 0 N–H and O–H groups in total. The van der Waals surface area contributed by atoms with Crippen LogP contribution in [0.15, 0.2) is 35.7 Å². The Bertz CT molecular complexity index is 1020. The van der Waals surface area contributed by atoms with Crippen molar-refractivity contribution in [2.75, 3.05) is 39.8 Å². The van der Waals surface area contributed by atoms with Crippen molar-refractivity contribution in [2.45, 2.75) is 77.3 Å². The number of thiophene rings is 1. The number of fused-ring (bicyclic) bond motifs is 1. The molecule has 202 valence electrons. The number of carbonyl (C=O) groups excluding carboxylic acids is 2. The fraction of sp³-hybridized carbons (Fsp3) is 0.600. The number of hydrogen-bond donors (Lipinski definition) is 0. The maximum Gasteiger partial charge on any atom is 0.236 e. The number of nitrogens with zero attached hydrogens (tertiary/aromatic N) is 3. The Labute approximate surface area is 226 Å². The first-order valence-corrected chi connectivity index (χ1v) is 14.9. The molecule has 7 heteroatoms. The van der Waals surface area contributed by atoms with Crippen molar-refractivity contribution in [2.24, 2.45) is 0 Å². The molecule has 0 aliphatic carbocycles. The zero-order valence-corrected chi connectivity index (χ0v) is 23.6. The molecule has 2 atom stereocenters. The number of carbonyl (C=O) groups is 2. The zero-order valence-electron chi connectivity index (χ0n) is 22.8. The van der Waals surface area contributed by atoms with Crippen LogP contribution in [-0.4, -0.2) is 72.4 Å². The van der Waals surface area contributed by atoms with Gasteiger partial charge in [0, 0.05) is 43.5 Å². The highest BCUT2D eigenvalue weighted by Gasteiger charge is 2.34. The van der Waals surface area contributed by atoms with Gasteiger partial charge in [0.1, 0.15) is 5.75 Å². The molecule has 2 aliphatic rings. The molecule has 2 aromatic rings. The van der Waals surface area contributed by atoms with E-state index in [2.05, 4.69) is 42.3 Å². The minimum absolute atomic E-state index is 0.0625. The van der Waals surface area contributed by atoms with Gasteiger partial charge in [-0.3, -0.25) is 14.5 Å². The lowest BCUT2D eigenvalue weighted by atomic mass is 9.93. The Hall–Kier alpha value is -2.38. The summed E-state index contributed by atoms with van der Waals surface area (Å²) in [5.41, 5.74) is 2.50. The van der Waals surface area contributed by atoms with Gasteiger partial charge in [-0.05, 0) is 54.5 Å². The third kappa shape index (κ3) is 6.94. The van der Waals surface area contributed by atoms with E-state index in [1.54, 1.807) is 7.11 Å². The SMILES string of the molecule is CCCCCCCCC(=O)N1CCN(C(=O)CN2CCc3sccc3[C@H]2c2ccc(OC)cc2)C[C@H]1C. The van der Waals surface area contributed by atoms with Gasteiger partial charge in [0.15, 0.2) is 0 Å². The van der Waals surface area contributed by atoms with Gasteiger partial charge in [-0.2, -0.15) is 0 Å². The van der Waals surface area contributed by atoms with Gasteiger partial charge in [-0.15, -0.1) is 11.3 Å². The van der Waals surface area contributed by atoms with E-state index in [0.717, 1.165) is 31.6 Å². The molecule has 0 radical (unpaired) electrons. The number of ether oxygens (including phenoxy) is 1. The molecule has 1 fully saturated rings. The summed E-state index contributed by atoms with van der Waals surface area (Å²) in [5.74, 6) is 1.24. The first kappa shape index (κ1) is 27.6. The lowest BCUT2D eigenvalue weighted by molar-refractivity contribution is -0.143. The highest BCUT2D eigenvalue weighted by atomic mass is 32.1. The zero-order chi connectivity index (χ0) is 26.2. The fourth-order valence-electron chi connectivity index (χ4n) is 5.74. The molecule has 0 spiro atoms. The smallest absolute Gasteiger partial charge is 0.236 e. The molecule has 2 amide bonds. The summed E-state index contributed by atoms with van der Waals surface area (Å²) in [5, 5.41) is 2.16.